The molecule has 0 saturated heterocycles. The summed E-state index contributed by atoms with van der Waals surface area (Å²) in [5, 5.41) is 12.5. The second kappa shape index (κ2) is 7.98. The third-order valence-electron chi connectivity index (χ3n) is 5.10. The minimum Gasteiger partial charge on any atom is -0.454 e. The normalized spacial score (nSPS) is 15.8. The maximum Gasteiger partial charge on any atom is 0.231 e. The van der Waals surface area contributed by atoms with Crippen molar-refractivity contribution in [1.82, 2.24) is 25.1 Å². The van der Waals surface area contributed by atoms with Crippen molar-refractivity contribution in [3.05, 3.63) is 48.3 Å². The molecule has 154 valence electrons. The SMILES string of the molecule is C[C@@H](NC(=O)CSc1nnc(-c2cccnc2)n1C1CC1)c1ccc2c(c1)OCO2. The second-order valence-corrected chi connectivity index (χ2v) is 8.28. The molecule has 3 heterocycles. The van der Waals surface area contributed by atoms with E-state index >= 15 is 0 Å². The van der Waals surface area contributed by atoms with Crippen molar-refractivity contribution in [1.29, 1.82) is 0 Å². The van der Waals surface area contributed by atoms with Gasteiger partial charge in [-0.2, -0.15) is 0 Å². The number of rotatable bonds is 7. The molecule has 1 atom stereocenters. The molecule has 1 saturated carbocycles. The van der Waals surface area contributed by atoms with Gasteiger partial charge in [0.1, 0.15) is 0 Å². The van der Waals surface area contributed by atoms with Gasteiger partial charge in [-0.1, -0.05) is 17.8 Å². The van der Waals surface area contributed by atoms with Crippen LogP contribution in [0.1, 0.15) is 37.4 Å². The van der Waals surface area contributed by atoms with Gasteiger partial charge in [0.2, 0.25) is 12.7 Å². The minimum atomic E-state index is -0.139. The maximum atomic E-state index is 12.6. The largest absolute Gasteiger partial charge is 0.454 e. The quantitative estimate of drug-likeness (QED) is 0.583. The lowest BCUT2D eigenvalue weighted by Crippen LogP contribution is -2.28. The van der Waals surface area contributed by atoms with E-state index in [1.165, 1.54) is 11.8 Å². The van der Waals surface area contributed by atoms with Crippen molar-refractivity contribution < 1.29 is 14.3 Å². The van der Waals surface area contributed by atoms with Crippen LogP contribution in [0.2, 0.25) is 0 Å². The highest BCUT2D eigenvalue weighted by Crippen LogP contribution is 2.41. The number of hydrogen-bond acceptors (Lipinski definition) is 7. The van der Waals surface area contributed by atoms with Crippen LogP contribution in [0.15, 0.2) is 47.9 Å². The number of aromatic nitrogens is 4. The lowest BCUT2D eigenvalue weighted by Gasteiger charge is -2.15. The second-order valence-electron chi connectivity index (χ2n) is 7.34. The third-order valence-corrected chi connectivity index (χ3v) is 6.05. The Morgan fingerprint density at radius 1 is 1.27 bits per heavy atom. The molecule has 8 nitrogen and oxygen atoms in total. The molecule has 1 aliphatic heterocycles. The van der Waals surface area contributed by atoms with E-state index in [1.54, 1.807) is 12.4 Å². The molecular weight excluding hydrogens is 402 g/mol. The van der Waals surface area contributed by atoms with Crippen LogP contribution in [0.4, 0.5) is 0 Å². The summed E-state index contributed by atoms with van der Waals surface area (Å²) in [5.74, 6) is 2.47. The van der Waals surface area contributed by atoms with Crippen LogP contribution in [-0.4, -0.2) is 38.2 Å². The molecule has 0 bridgehead atoms. The number of fused-ring (bicyclic) bond motifs is 1. The molecule has 5 rings (SSSR count). The number of pyridine rings is 1. The van der Waals surface area contributed by atoms with Gasteiger partial charge in [0.05, 0.1) is 11.8 Å². The van der Waals surface area contributed by atoms with E-state index < -0.39 is 0 Å². The molecule has 9 heteroatoms. The lowest BCUT2D eigenvalue weighted by molar-refractivity contribution is -0.119. The molecular formula is C21H21N5O3S. The highest BCUT2D eigenvalue weighted by atomic mass is 32.2. The summed E-state index contributed by atoms with van der Waals surface area (Å²) in [5.41, 5.74) is 1.90. The Labute approximate surface area is 178 Å². The van der Waals surface area contributed by atoms with Crippen LogP contribution in [0.3, 0.4) is 0 Å². The number of nitrogens with zero attached hydrogens (tertiary/aromatic N) is 4. The average Bonchev–Trinajstić information content (AvgIpc) is 3.34. The Hall–Kier alpha value is -3.07. The fourth-order valence-corrected chi connectivity index (χ4v) is 4.22. The van der Waals surface area contributed by atoms with Gasteiger partial charge in [-0.3, -0.25) is 14.3 Å². The average molecular weight is 423 g/mol. The van der Waals surface area contributed by atoms with E-state index in [0.29, 0.717) is 11.8 Å². The first-order valence-electron chi connectivity index (χ1n) is 9.86. The summed E-state index contributed by atoms with van der Waals surface area (Å²) in [4.78, 5) is 16.7. The zero-order valence-corrected chi connectivity index (χ0v) is 17.3. The minimum absolute atomic E-state index is 0.0570. The van der Waals surface area contributed by atoms with Gasteiger partial charge < -0.3 is 14.8 Å². The summed E-state index contributed by atoms with van der Waals surface area (Å²) in [6.07, 6.45) is 5.73. The van der Waals surface area contributed by atoms with Crippen LogP contribution in [0.5, 0.6) is 11.5 Å². The molecule has 1 amide bonds. The summed E-state index contributed by atoms with van der Waals surface area (Å²) >= 11 is 1.41. The highest BCUT2D eigenvalue weighted by Gasteiger charge is 2.30. The maximum absolute atomic E-state index is 12.6. The Balaban J connectivity index is 1.24. The molecule has 0 unspecified atom stereocenters. The van der Waals surface area contributed by atoms with Gasteiger partial charge >= 0.3 is 0 Å². The van der Waals surface area contributed by atoms with E-state index in [-0.39, 0.29) is 24.5 Å². The van der Waals surface area contributed by atoms with E-state index in [2.05, 4.69) is 25.1 Å². The Morgan fingerprint density at radius 2 is 2.13 bits per heavy atom. The number of ether oxygens (including phenoxy) is 2. The third kappa shape index (κ3) is 3.85. The van der Waals surface area contributed by atoms with Crippen molar-refractivity contribution in [3.63, 3.8) is 0 Å². The van der Waals surface area contributed by atoms with E-state index in [4.69, 9.17) is 9.47 Å². The van der Waals surface area contributed by atoms with Crippen molar-refractivity contribution in [2.24, 2.45) is 0 Å². The van der Waals surface area contributed by atoms with Crippen LogP contribution in [-0.2, 0) is 4.79 Å². The van der Waals surface area contributed by atoms with E-state index in [9.17, 15) is 4.79 Å². The first-order valence-corrected chi connectivity index (χ1v) is 10.8. The van der Waals surface area contributed by atoms with Gasteiger partial charge in [-0.15, -0.1) is 10.2 Å². The first-order chi connectivity index (χ1) is 14.7. The molecule has 0 spiro atoms. The number of hydrogen-bond donors (Lipinski definition) is 1. The van der Waals surface area contributed by atoms with Crippen molar-refractivity contribution >= 4 is 17.7 Å². The van der Waals surface area contributed by atoms with Crippen LogP contribution < -0.4 is 14.8 Å². The lowest BCUT2D eigenvalue weighted by atomic mass is 10.1. The molecule has 1 N–H and O–H groups in total. The van der Waals surface area contributed by atoms with Crippen molar-refractivity contribution in [2.75, 3.05) is 12.5 Å². The first kappa shape index (κ1) is 18.9. The molecule has 1 aliphatic carbocycles. The summed E-state index contributed by atoms with van der Waals surface area (Å²) in [7, 11) is 0. The standard InChI is InChI=1S/C21H21N5O3S/c1-13(14-4-7-17-18(9-14)29-12-28-17)23-19(27)11-30-21-25-24-20(26(21)16-5-6-16)15-3-2-8-22-10-15/h2-4,7-10,13,16H,5-6,11-12H2,1H3,(H,23,27)/t13-/m1/s1. The molecule has 30 heavy (non-hydrogen) atoms. The molecule has 1 aromatic carbocycles. The number of carbonyl (C=O) groups excluding carboxylic acids is 1. The number of amides is 1. The smallest absolute Gasteiger partial charge is 0.231 e. The molecule has 2 aromatic heterocycles. The van der Waals surface area contributed by atoms with Crippen LogP contribution in [0.25, 0.3) is 11.4 Å². The Morgan fingerprint density at radius 3 is 2.93 bits per heavy atom. The zero-order chi connectivity index (χ0) is 20.5. The summed E-state index contributed by atoms with van der Waals surface area (Å²) < 4.78 is 12.9. The van der Waals surface area contributed by atoms with Gasteiger partial charge in [-0.25, -0.2) is 0 Å². The fraction of sp³-hybridized carbons (Fsp3) is 0.333. The van der Waals surface area contributed by atoms with Gasteiger partial charge in [0.15, 0.2) is 22.5 Å². The molecule has 3 aromatic rings. The molecule has 1 fully saturated rings. The van der Waals surface area contributed by atoms with Crippen molar-refractivity contribution in [2.45, 2.75) is 37.0 Å². The van der Waals surface area contributed by atoms with E-state index in [1.807, 2.05) is 37.3 Å². The zero-order valence-electron chi connectivity index (χ0n) is 16.4. The predicted octanol–water partition coefficient (Wildman–Crippen LogP) is 3.37. The summed E-state index contributed by atoms with van der Waals surface area (Å²) in [6.45, 7) is 2.19. The molecule has 0 radical (unpaired) electrons. The number of benzene rings is 1. The topological polar surface area (TPSA) is 91.2 Å². The Bertz CT molecular complexity index is 1070. The Kier molecular flexibility index (Phi) is 5.04. The number of carbonyl (C=O) groups is 1. The fourth-order valence-electron chi connectivity index (χ4n) is 3.41. The predicted molar refractivity (Wildman–Crippen MR) is 111 cm³/mol. The number of nitrogens with one attached hydrogen (secondary N) is 1. The van der Waals surface area contributed by atoms with Crippen molar-refractivity contribution in [3.8, 4) is 22.9 Å². The summed E-state index contributed by atoms with van der Waals surface area (Å²) in [6, 6.07) is 9.84. The van der Waals surface area contributed by atoms with E-state index in [0.717, 1.165) is 40.7 Å². The monoisotopic (exact) mass is 423 g/mol. The number of thioether (sulfide) groups is 1. The van der Waals surface area contributed by atoms with Gasteiger partial charge in [0, 0.05) is 24.0 Å². The van der Waals surface area contributed by atoms with Gasteiger partial charge in [0.25, 0.3) is 0 Å². The molecule has 2 aliphatic rings. The van der Waals surface area contributed by atoms with Gasteiger partial charge in [-0.05, 0) is 49.6 Å². The van der Waals surface area contributed by atoms with Crippen LogP contribution >= 0.6 is 11.8 Å². The van der Waals surface area contributed by atoms with Crippen LogP contribution in [0, 0.1) is 0 Å². The highest BCUT2D eigenvalue weighted by molar-refractivity contribution is 7.99.